The number of aromatic nitrogens is 3. The van der Waals surface area contributed by atoms with Gasteiger partial charge in [0.05, 0.1) is 58.1 Å². The van der Waals surface area contributed by atoms with Gasteiger partial charge >= 0.3 is 33.7 Å². The molecule has 113 heavy (non-hydrogen) atoms. The third kappa shape index (κ3) is 17.8. The summed E-state index contributed by atoms with van der Waals surface area (Å²) in [6.07, 6.45) is 0. The van der Waals surface area contributed by atoms with E-state index in [4.69, 9.17) is 16.3 Å². The zero-order chi connectivity index (χ0) is 77.3. The van der Waals surface area contributed by atoms with Crippen LogP contribution in [0.4, 0.5) is 42.9 Å². The number of piperazine rings is 3. The van der Waals surface area contributed by atoms with Gasteiger partial charge in [-0.25, -0.2) is 8.78 Å². The van der Waals surface area contributed by atoms with Gasteiger partial charge in [0.2, 0.25) is 0 Å². The second-order valence-electron chi connectivity index (χ2n) is 26.3. The molecule has 0 atom stereocenters. The maximum atomic E-state index is 13.5. The highest BCUT2D eigenvalue weighted by molar-refractivity contribution is 6.30. The highest BCUT2D eigenvalue weighted by Crippen LogP contribution is 2.38. The van der Waals surface area contributed by atoms with E-state index in [1.54, 1.807) is 131 Å². The lowest BCUT2D eigenvalue weighted by atomic mass is 10.1. The summed E-state index contributed by atoms with van der Waals surface area (Å²) in [5.41, 5.74) is 2.98. The van der Waals surface area contributed by atoms with Crippen molar-refractivity contribution in [1.29, 1.82) is 0 Å². The fourth-order valence-corrected chi connectivity index (χ4v) is 14.3. The molecule has 0 aliphatic carbocycles. The minimum absolute atomic E-state index is 0. The summed E-state index contributed by atoms with van der Waals surface area (Å²) in [5.74, 6) is -0.660. The minimum atomic E-state index is -0.732. The molecule has 3 aromatic heterocycles. The van der Waals surface area contributed by atoms with Crippen LogP contribution in [0.3, 0.4) is 0 Å². The Morgan fingerprint density at radius 3 is 0.912 bits per heavy atom. The van der Waals surface area contributed by atoms with E-state index < -0.39 is 60.1 Å². The van der Waals surface area contributed by atoms with Gasteiger partial charge in [0, 0.05) is 116 Å². The molecule has 0 spiro atoms. The van der Waals surface area contributed by atoms with Crippen LogP contribution in [0.2, 0.25) is 5.02 Å². The first-order chi connectivity index (χ1) is 53.2. The molecule has 0 radical (unpaired) electrons. The molecule has 3 aliphatic heterocycles. The number of nitro groups is 3. The molecule has 0 bridgehead atoms. The molecule has 9 aromatic carbocycles. The summed E-state index contributed by atoms with van der Waals surface area (Å²) in [5, 5.41) is 39.0. The zero-order valence-electron chi connectivity index (χ0n) is 59.4. The molecule has 28 heteroatoms. The van der Waals surface area contributed by atoms with Gasteiger partial charge in [-0.15, -0.1) is 0 Å². The van der Waals surface area contributed by atoms with Gasteiger partial charge in [-0.1, -0.05) is 161 Å². The predicted molar refractivity (Wildman–Crippen MR) is 437 cm³/mol. The molecule has 6 heterocycles. The molecule has 0 unspecified atom stereocenters. The number of hydrogen-bond acceptors (Lipinski definition) is 16. The molecule has 582 valence electrons. The first kappa shape index (κ1) is 82.1. The van der Waals surface area contributed by atoms with E-state index in [1.165, 1.54) is 50.1 Å². The summed E-state index contributed by atoms with van der Waals surface area (Å²) >= 11 is 5.93. The average molecular weight is 1550 g/mol. The Morgan fingerprint density at radius 2 is 0.619 bits per heavy atom. The van der Waals surface area contributed by atoms with Gasteiger partial charge in [-0.3, -0.25) is 72.8 Å². The van der Waals surface area contributed by atoms with Crippen molar-refractivity contribution in [3.63, 3.8) is 0 Å². The number of hydrogen-bond donors (Lipinski definition) is 0. The quantitative estimate of drug-likeness (QED) is 0.0642. The van der Waals surface area contributed by atoms with Crippen LogP contribution in [0.5, 0.6) is 5.75 Å². The lowest BCUT2D eigenvalue weighted by Crippen LogP contribution is -2.49. The number of amides is 3. The van der Waals surface area contributed by atoms with Gasteiger partial charge < -0.3 is 34.1 Å². The number of fused-ring (bicyclic) bond motifs is 3. The molecular weight excluding hydrogens is 1470 g/mol. The van der Waals surface area contributed by atoms with Crippen molar-refractivity contribution < 1.29 is 42.7 Å². The second kappa shape index (κ2) is 36.4. The van der Waals surface area contributed by atoms with Crippen molar-refractivity contribution in [3.8, 4) is 5.75 Å². The smallest absolute Gasteiger partial charge is 0.357 e. The normalized spacial score (nSPS) is 13.3. The highest BCUT2D eigenvalue weighted by Gasteiger charge is 2.37. The van der Waals surface area contributed by atoms with Crippen molar-refractivity contribution in [2.45, 2.75) is 41.9 Å². The Balaban J connectivity index is 0.000000177. The number of carbonyl (C=O) groups is 3. The van der Waals surface area contributed by atoms with Crippen LogP contribution in [-0.2, 0) is 19.6 Å². The maximum Gasteiger partial charge on any atom is 0.357 e. The second-order valence-corrected chi connectivity index (χ2v) is 26.7. The number of methoxy groups -OCH3 is 1. The lowest BCUT2D eigenvalue weighted by Gasteiger charge is -2.36. The summed E-state index contributed by atoms with van der Waals surface area (Å²) in [6.45, 7) is 4.59. The lowest BCUT2D eigenvalue weighted by molar-refractivity contribution is -0.385. The van der Waals surface area contributed by atoms with Gasteiger partial charge in [0.1, 0.15) is 34.4 Å². The Kier molecular flexibility index (Phi) is 26.4. The van der Waals surface area contributed by atoms with Crippen molar-refractivity contribution in [3.05, 3.63) is 342 Å². The number of para-hydroxylation sites is 3. The Labute approximate surface area is 653 Å². The largest absolute Gasteiger partial charge is 0.497 e. The van der Waals surface area contributed by atoms with E-state index in [9.17, 15) is 67.9 Å². The van der Waals surface area contributed by atoms with Crippen molar-refractivity contribution in [2.24, 2.45) is 0 Å². The molecule has 12 aromatic rings. The fourth-order valence-electron chi connectivity index (χ4n) is 14.2. The summed E-state index contributed by atoms with van der Waals surface area (Å²) in [7, 11) is 1.56. The number of benzene rings is 9. The standard InChI is InChI=1S/C28H25FN4O5.C27H23ClN4O4.C27H23FN4O4.3CH4/c1-38-22-12-8-20(9-13-22)27(34)31-16-14-30(15-17-31)25-23-4-2-3-5-24(23)32(28(35)26(25)33(36)37)18-19-6-10-21(29)11-7-19;2*28-21-12-10-20(11-13-21)26(33)30-16-14-29(15-17-30)24-22-8-4-5-9-23(22)31(27(34)25(24)32(35)36)18-19-6-2-1-3-7-19;;;/h2-13H,14-18H2,1H3;2*1-13H,14-18H2;3*1H4. The molecule has 3 saturated heterocycles. The van der Waals surface area contributed by atoms with Crippen LogP contribution in [-0.4, -0.2) is 147 Å². The van der Waals surface area contributed by atoms with Gasteiger partial charge in [-0.2, -0.15) is 0 Å². The number of halogens is 3. The molecule has 25 nitrogen and oxygen atoms in total. The Hall–Kier alpha value is -13.4. The van der Waals surface area contributed by atoms with Gasteiger partial charge in [0.15, 0.2) is 0 Å². The average Bonchev–Trinajstić information content (AvgIpc) is 0.757. The molecule has 3 amide bonds. The van der Waals surface area contributed by atoms with Crippen LogP contribution in [0.25, 0.3) is 32.7 Å². The maximum absolute atomic E-state index is 13.5. The Morgan fingerprint density at radius 1 is 0.363 bits per heavy atom. The minimum Gasteiger partial charge on any atom is -0.497 e. The monoisotopic (exact) mass is 1550 g/mol. The number of carbonyl (C=O) groups excluding carboxylic acids is 3. The molecule has 3 fully saturated rings. The fraction of sp³-hybridized carbons (Fsp3) is 0.224. The third-order valence-corrected chi connectivity index (χ3v) is 20.0. The number of rotatable bonds is 16. The van der Waals surface area contributed by atoms with E-state index in [0.29, 0.717) is 150 Å². The summed E-state index contributed by atoms with van der Waals surface area (Å²) < 4.78 is 36.0. The Bertz CT molecular complexity index is 5430. The highest BCUT2D eigenvalue weighted by atomic mass is 35.5. The van der Waals surface area contributed by atoms with Crippen molar-refractivity contribution >= 4 is 96.2 Å². The number of pyridine rings is 3. The number of nitrogens with zero attached hydrogens (tertiary/aromatic N) is 12. The molecule has 3 aliphatic rings. The van der Waals surface area contributed by atoms with Crippen LogP contribution in [0.1, 0.15) is 70.0 Å². The van der Waals surface area contributed by atoms with E-state index >= 15 is 0 Å². The third-order valence-electron chi connectivity index (χ3n) is 19.7. The van der Waals surface area contributed by atoms with Gasteiger partial charge in [-0.05, 0) is 120 Å². The zero-order valence-corrected chi connectivity index (χ0v) is 60.1. The molecule has 0 N–H and O–H groups in total. The number of ether oxygens (including phenoxy) is 1. The molecule has 15 rings (SSSR count). The van der Waals surface area contributed by atoms with Crippen LogP contribution < -0.4 is 36.1 Å². The van der Waals surface area contributed by atoms with E-state index in [0.717, 1.165) is 11.1 Å². The summed E-state index contributed by atoms with van der Waals surface area (Å²) in [6, 6.07) is 64.8. The van der Waals surface area contributed by atoms with Gasteiger partial charge in [0.25, 0.3) is 17.7 Å². The van der Waals surface area contributed by atoms with E-state index in [2.05, 4.69) is 0 Å². The summed E-state index contributed by atoms with van der Waals surface area (Å²) in [4.78, 5) is 125. The van der Waals surface area contributed by atoms with Crippen LogP contribution >= 0.6 is 11.6 Å². The van der Waals surface area contributed by atoms with Crippen LogP contribution in [0, 0.1) is 42.0 Å². The molecule has 0 saturated carbocycles. The number of anilines is 3. The van der Waals surface area contributed by atoms with Crippen LogP contribution in [0.15, 0.2) is 245 Å². The topological polar surface area (TPSA) is 275 Å². The first-order valence-corrected chi connectivity index (χ1v) is 35.6. The van der Waals surface area contributed by atoms with E-state index in [1.807, 2.05) is 99.6 Å². The SMILES string of the molecule is C.C.C.COc1ccc(C(=O)N2CCN(c3c([N+](=O)[O-])c(=O)n(Cc4ccc(F)cc4)c4ccccc34)CC2)cc1.O=C(c1ccc(Cl)cc1)N1CCN(c2c([N+](=O)[O-])c(=O)n(Cc3ccccc3)c3ccccc23)CC1.O=C(c1ccc(F)cc1)N1CCN(c2c([N+](=O)[O-])c(=O)n(Cc3ccccc3)c3ccccc23)CC1. The first-order valence-electron chi connectivity index (χ1n) is 35.2. The molecular formula is C85H83ClF2N12O13. The van der Waals surface area contributed by atoms with E-state index in [-0.39, 0.29) is 71.0 Å². The van der Waals surface area contributed by atoms with Crippen molar-refractivity contribution in [1.82, 2.24) is 28.4 Å². The predicted octanol–water partition coefficient (Wildman–Crippen LogP) is 14.6. The van der Waals surface area contributed by atoms with Crippen molar-refractivity contribution in [2.75, 3.05) is 100 Å².